The van der Waals surface area contributed by atoms with E-state index in [1.54, 1.807) is 0 Å². The number of anilines is 1. The van der Waals surface area contributed by atoms with Gasteiger partial charge in [-0.1, -0.05) is 0 Å². The second-order valence-electron chi connectivity index (χ2n) is 7.00. The fourth-order valence-corrected chi connectivity index (χ4v) is 4.42. The molecule has 0 radical (unpaired) electrons. The predicted molar refractivity (Wildman–Crippen MR) is 89.2 cm³/mol. The van der Waals surface area contributed by atoms with Crippen molar-refractivity contribution in [1.29, 1.82) is 0 Å². The second kappa shape index (κ2) is 5.23. The van der Waals surface area contributed by atoms with Crippen molar-refractivity contribution in [3.05, 3.63) is 18.1 Å². The van der Waals surface area contributed by atoms with Gasteiger partial charge in [0.25, 0.3) is 0 Å². The molecule has 118 valence electrons. The summed E-state index contributed by atoms with van der Waals surface area (Å²) >= 11 is 0. The van der Waals surface area contributed by atoms with E-state index >= 15 is 0 Å². The summed E-state index contributed by atoms with van der Waals surface area (Å²) in [4.78, 5) is 17.7. The van der Waals surface area contributed by atoms with E-state index in [1.807, 2.05) is 13.1 Å². The van der Waals surface area contributed by atoms with Gasteiger partial charge in [-0.3, -0.25) is 4.90 Å². The van der Waals surface area contributed by atoms with E-state index in [1.165, 1.54) is 19.3 Å². The Hall–Kier alpha value is -1.62. The van der Waals surface area contributed by atoms with Gasteiger partial charge in [0.1, 0.15) is 17.3 Å². The zero-order chi connectivity index (χ0) is 15.3. The molecule has 2 aromatic rings. The van der Waals surface area contributed by atoms with Gasteiger partial charge in [0.15, 0.2) is 0 Å². The molecule has 2 aromatic heterocycles. The summed E-state index contributed by atoms with van der Waals surface area (Å²) in [7, 11) is 0. The van der Waals surface area contributed by atoms with E-state index in [0.29, 0.717) is 12.1 Å². The minimum Gasteiger partial charge on any atom is -0.354 e. The van der Waals surface area contributed by atoms with Crippen molar-refractivity contribution in [2.24, 2.45) is 0 Å². The Labute approximate surface area is 131 Å². The van der Waals surface area contributed by atoms with Crippen molar-refractivity contribution in [3.8, 4) is 0 Å². The normalized spacial score (nSPS) is 26.1. The molecule has 0 aliphatic carbocycles. The maximum absolute atomic E-state index is 4.77. The highest BCUT2D eigenvalue weighted by molar-refractivity contribution is 5.87. The molecule has 2 aliphatic heterocycles. The van der Waals surface area contributed by atoms with Crippen molar-refractivity contribution in [2.45, 2.75) is 58.2 Å². The number of nitrogens with one attached hydrogen (secondary N) is 1. The lowest BCUT2D eigenvalue weighted by molar-refractivity contribution is 0.158. The van der Waals surface area contributed by atoms with Gasteiger partial charge in [-0.15, -0.1) is 0 Å². The Morgan fingerprint density at radius 3 is 2.82 bits per heavy atom. The quantitative estimate of drug-likeness (QED) is 0.926. The lowest BCUT2D eigenvalue weighted by Crippen LogP contribution is -2.43. The van der Waals surface area contributed by atoms with Crippen molar-refractivity contribution < 1.29 is 0 Å². The third kappa shape index (κ3) is 2.19. The Balaban J connectivity index is 1.70. The molecule has 5 heteroatoms. The molecule has 0 unspecified atom stereocenters. The monoisotopic (exact) mass is 299 g/mol. The molecule has 4 rings (SSSR count). The summed E-state index contributed by atoms with van der Waals surface area (Å²) in [6, 6.07) is 4.15. The minimum atomic E-state index is 0.636. The number of hydrogen-bond acceptors (Lipinski definition) is 4. The summed E-state index contributed by atoms with van der Waals surface area (Å²) in [5, 5.41) is 1.15. The number of aryl methyl sites for hydroxylation is 1. The molecule has 1 N–H and O–H groups in total. The van der Waals surface area contributed by atoms with Crippen molar-refractivity contribution >= 4 is 16.9 Å². The van der Waals surface area contributed by atoms with Crippen molar-refractivity contribution in [2.75, 3.05) is 18.0 Å². The fourth-order valence-electron chi connectivity index (χ4n) is 4.42. The molecule has 2 bridgehead atoms. The second-order valence-corrected chi connectivity index (χ2v) is 7.00. The van der Waals surface area contributed by atoms with E-state index in [2.05, 4.69) is 39.7 Å². The molecule has 4 heterocycles. The summed E-state index contributed by atoms with van der Waals surface area (Å²) in [5.74, 6) is 1.96. The van der Waals surface area contributed by atoms with Crippen LogP contribution in [0.5, 0.6) is 0 Å². The first kappa shape index (κ1) is 14.0. The van der Waals surface area contributed by atoms with Gasteiger partial charge in [0, 0.05) is 37.4 Å². The molecular formula is C17H25N5. The summed E-state index contributed by atoms with van der Waals surface area (Å²) in [5.41, 5.74) is 0.956. The molecule has 0 amide bonds. The van der Waals surface area contributed by atoms with Crippen LogP contribution in [0.2, 0.25) is 0 Å². The number of aromatic amines is 1. The Morgan fingerprint density at radius 2 is 2.00 bits per heavy atom. The topological polar surface area (TPSA) is 48.1 Å². The van der Waals surface area contributed by atoms with E-state index < -0.39 is 0 Å². The van der Waals surface area contributed by atoms with Gasteiger partial charge in [-0.2, -0.15) is 0 Å². The van der Waals surface area contributed by atoms with Gasteiger partial charge in [0.2, 0.25) is 0 Å². The lowest BCUT2D eigenvalue weighted by atomic mass is 10.1. The minimum absolute atomic E-state index is 0.636. The van der Waals surface area contributed by atoms with Crippen LogP contribution in [0.4, 0.5) is 5.82 Å². The van der Waals surface area contributed by atoms with Crippen LogP contribution >= 0.6 is 0 Å². The van der Waals surface area contributed by atoms with Gasteiger partial charge < -0.3 is 9.88 Å². The number of hydrogen-bond donors (Lipinski definition) is 1. The standard InChI is InChI=1S/C17H25N5/c1-11(2)22-13-4-5-14(22)10-21(9-7-13)17-15-6-8-18-16(15)19-12(3)20-17/h6,8,11,13-14H,4-5,7,9-10H2,1-3H3,(H,18,19,20)/t13-,14+/m1/s1. The average Bonchev–Trinajstić information content (AvgIpc) is 3.01. The number of rotatable bonds is 2. The predicted octanol–water partition coefficient (Wildman–Crippen LogP) is 2.72. The Morgan fingerprint density at radius 1 is 1.18 bits per heavy atom. The molecular weight excluding hydrogens is 274 g/mol. The van der Waals surface area contributed by atoms with E-state index in [0.717, 1.165) is 41.8 Å². The smallest absolute Gasteiger partial charge is 0.143 e. The van der Waals surface area contributed by atoms with Crippen LogP contribution in [-0.4, -0.2) is 51.1 Å². The molecule has 0 saturated carbocycles. The summed E-state index contributed by atoms with van der Waals surface area (Å²) in [6.07, 6.45) is 5.88. The Kier molecular flexibility index (Phi) is 3.33. The molecule has 2 atom stereocenters. The van der Waals surface area contributed by atoms with Gasteiger partial charge in [0.05, 0.1) is 5.39 Å². The van der Waals surface area contributed by atoms with Crippen molar-refractivity contribution in [1.82, 2.24) is 19.9 Å². The maximum atomic E-state index is 4.77. The van der Waals surface area contributed by atoms with Crippen LogP contribution in [0, 0.1) is 6.92 Å². The van der Waals surface area contributed by atoms with Crippen LogP contribution in [0.15, 0.2) is 12.3 Å². The first-order valence-electron chi connectivity index (χ1n) is 8.47. The molecule has 2 fully saturated rings. The largest absolute Gasteiger partial charge is 0.354 e. The van der Waals surface area contributed by atoms with Gasteiger partial charge in [-0.05, 0) is 46.1 Å². The number of nitrogens with zero attached hydrogens (tertiary/aromatic N) is 4. The number of aromatic nitrogens is 3. The summed E-state index contributed by atoms with van der Waals surface area (Å²) in [6.45, 7) is 8.83. The zero-order valence-corrected chi connectivity index (χ0v) is 13.7. The highest BCUT2D eigenvalue weighted by atomic mass is 15.3. The fraction of sp³-hybridized carbons (Fsp3) is 0.647. The Bertz CT molecular complexity index is 677. The van der Waals surface area contributed by atoms with Gasteiger partial charge >= 0.3 is 0 Å². The van der Waals surface area contributed by atoms with E-state index in [9.17, 15) is 0 Å². The zero-order valence-electron chi connectivity index (χ0n) is 13.7. The third-order valence-corrected chi connectivity index (χ3v) is 5.24. The van der Waals surface area contributed by atoms with Crippen LogP contribution in [0.25, 0.3) is 11.0 Å². The molecule has 5 nitrogen and oxygen atoms in total. The molecule has 0 aromatic carbocycles. The van der Waals surface area contributed by atoms with Crippen molar-refractivity contribution in [3.63, 3.8) is 0 Å². The third-order valence-electron chi connectivity index (χ3n) is 5.24. The van der Waals surface area contributed by atoms with E-state index in [-0.39, 0.29) is 0 Å². The molecule has 0 spiro atoms. The summed E-state index contributed by atoms with van der Waals surface area (Å²) < 4.78 is 0. The molecule has 2 saturated heterocycles. The highest BCUT2D eigenvalue weighted by Crippen LogP contribution is 2.34. The van der Waals surface area contributed by atoms with Crippen LogP contribution in [0.3, 0.4) is 0 Å². The number of H-pyrrole nitrogens is 1. The first-order chi connectivity index (χ1) is 10.6. The van der Waals surface area contributed by atoms with Crippen LogP contribution in [-0.2, 0) is 0 Å². The molecule has 22 heavy (non-hydrogen) atoms. The van der Waals surface area contributed by atoms with Crippen LogP contribution in [0.1, 0.15) is 38.9 Å². The van der Waals surface area contributed by atoms with Gasteiger partial charge in [-0.25, -0.2) is 9.97 Å². The number of fused-ring (bicyclic) bond motifs is 3. The molecule has 2 aliphatic rings. The highest BCUT2D eigenvalue weighted by Gasteiger charge is 2.39. The van der Waals surface area contributed by atoms with Crippen LogP contribution < -0.4 is 4.90 Å². The average molecular weight is 299 g/mol. The van der Waals surface area contributed by atoms with E-state index in [4.69, 9.17) is 4.98 Å². The lowest BCUT2D eigenvalue weighted by Gasteiger charge is -2.32. The SMILES string of the molecule is Cc1nc(N2CC[C@H]3CC[C@@H](C2)N3C(C)C)c2cc[nH]c2n1. The first-order valence-corrected chi connectivity index (χ1v) is 8.47. The maximum Gasteiger partial charge on any atom is 0.143 e.